The smallest absolute Gasteiger partial charge is 0.251 e. The Morgan fingerprint density at radius 2 is 2.26 bits per heavy atom. The Kier molecular flexibility index (Phi) is 3.94. The van der Waals surface area contributed by atoms with Crippen molar-refractivity contribution in [3.8, 4) is 0 Å². The van der Waals surface area contributed by atoms with E-state index in [1.165, 1.54) is 18.2 Å². The molecule has 5 heteroatoms. The van der Waals surface area contributed by atoms with Crippen LogP contribution in [-0.2, 0) is 13.1 Å². The van der Waals surface area contributed by atoms with Gasteiger partial charge in [-0.15, -0.1) is 0 Å². The topological polar surface area (TPSA) is 46.9 Å². The van der Waals surface area contributed by atoms with E-state index in [1.807, 2.05) is 24.7 Å². The van der Waals surface area contributed by atoms with Crippen molar-refractivity contribution in [2.45, 2.75) is 26.9 Å². The van der Waals surface area contributed by atoms with E-state index in [4.69, 9.17) is 0 Å². The number of aromatic nitrogens is 2. The predicted molar refractivity (Wildman–Crippen MR) is 70.2 cm³/mol. The van der Waals surface area contributed by atoms with Gasteiger partial charge in [-0.3, -0.25) is 9.48 Å². The molecule has 2 aromatic rings. The van der Waals surface area contributed by atoms with E-state index in [-0.39, 0.29) is 5.91 Å². The van der Waals surface area contributed by atoms with E-state index in [0.717, 1.165) is 17.8 Å². The maximum absolute atomic E-state index is 13.0. The van der Waals surface area contributed by atoms with Crippen LogP contribution in [-0.4, -0.2) is 15.7 Å². The molecule has 1 aromatic heterocycles. The number of nitrogens with one attached hydrogen (secondary N) is 1. The number of halogens is 1. The van der Waals surface area contributed by atoms with Crippen molar-refractivity contribution in [1.82, 2.24) is 15.1 Å². The van der Waals surface area contributed by atoms with Crippen molar-refractivity contribution in [2.24, 2.45) is 0 Å². The summed E-state index contributed by atoms with van der Waals surface area (Å²) in [7, 11) is 0. The summed E-state index contributed by atoms with van der Waals surface area (Å²) in [6.07, 6.45) is 1.90. The zero-order chi connectivity index (χ0) is 13.8. The maximum atomic E-state index is 13.0. The summed E-state index contributed by atoms with van der Waals surface area (Å²) in [6, 6.07) is 5.63. The second-order valence-corrected chi connectivity index (χ2v) is 4.29. The van der Waals surface area contributed by atoms with Gasteiger partial charge in [0.1, 0.15) is 5.82 Å². The van der Waals surface area contributed by atoms with Crippen molar-refractivity contribution in [3.05, 3.63) is 53.1 Å². The molecule has 19 heavy (non-hydrogen) atoms. The lowest BCUT2D eigenvalue weighted by molar-refractivity contribution is 0.0950. The third kappa shape index (κ3) is 3.19. The molecule has 2 rings (SSSR count). The summed E-state index contributed by atoms with van der Waals surface area (Å²) in [5.41, 5.74) is 2.17. The lowest BCUT2D eigenvalue weighted by Gasteiger charge is -2.04. The van der Waals surface area contributed by atoms with Gasteiger partial charge >= 0.3 is 0 Å². The van der Waals surface area contributed by atoms with Gasteiger partial charge in [0.05, 0.1) is 5.69 Å². The van der Waals surface area contributed by atoms with Gasteiger partial charge in [-0.1, -0.05) is 6.07 Å². The summed E-state index contributed by atoms with van der Waals surface area (Å²) in [4.78, 5) is 11.9. The van der Waals surface area contributed by atoms with E-state index in [9.17, 15) is 9.18 Å². The summed E-state index contributed by atoms with van der Waals surface area (Å²) in [5.74, 6) is -0.703. The zero-order valence-corrected chi connectivity index (χ0v) is 11.0. The molecule has 0 atom stereocenters. The Morgan fingerprint density at radius 1 is 1.47 bits per heavy atom. The molecule has 4 nitrogen and oxygen atoms in total. The Morgan fingerprint density at radius 3 is 2.89 bits per heavy atom. The number of hydrogen-bond donors (Lipinski definition) is 1. The first-order valence-corrected chi connectivity index (χ1v) is 6.17. The number of carbonyl (C=O) groups is 1. The number of amides is 1. The minimum Gasteiger partial charge on any atom is -0.348 e. The predicted octanol–water partition coefficient (Wildman–Crippen LogP) is 2.28. The van der Waals surface area contributed by atoms with Crippen molar-refractivity contribution in [1.29, 1.82) is 0 Å². The van der Waals surface area contributed by atoms with Crippen LogP contribution in [0.3, 0.4) is 0 Å². The highest BCUT2D eigenvalue weighted by molar-refractivity contribution is 5.94. The molecular weight excluding hydrogens is 245 g/mol. The number of rotatable bonds is 4. The van der Waals surface area contributed by atoms with E-state index in [2.05, 4.69) is 10.4 Å². The Hall–Kier alpha value is -2.17. The average Bonchev–Trinajstić information content (AvgIpc) is 2.76. The van der Waals surface area contributed by atoms with Crippen LogP contribution in [0.1, 0.15) is 28.5 Å². The van der Waals surface area contributed by atoms with Crippen molar-refractivity contribution >= 4 is 5.91 Å². The lowest BCUT2D eigenvalue weighted by atomic mass is 10.2. The molecule has 1 N–H and O–H groups in total. The first kappa shape index (κ1) is 13.3. The van der Waals surface area contributed by atoms with Gasteiger partial charge in [-0.05, 0) is 32.0 Å². The third-order valence-electron chi connectivity index (χ3n) is 2.90. The molecule has 0 fully saturated rings. The van der Waals surface area contributed by atoms with Gasteiger partial charge in [0.15, 0.2) is 0 Å². The van der Waals surface area contributed by atoms with Crippen LogP contribution in [0.2, 0.25) is 0 Å². The van der Waals surface area contributed by atoms with Gasteiger partial charge in [0, 0.05) is 30.4 Å². The molecule has 1 aromatic carbocycles. The number of nitrogens with zero attached hydrogens (tertiary/aromatic N) is 2. The summed E-state index contributed by atoms with van der Waals surface area (Å²) in [5, 5.41) is 7.06. The Labute approximate surface area is 111 Å². The zero-order valence-electron chi connectivity index (χ0n) is 11.0. The van der Waals surface area contributed by atoms with Crippen LogP contribution in [0.5, 0.6) is 0 Å². The van der Waals surface area contributed by atoms with Gasteiger partial charge < -0.3 is 5.32 Å². The van der Waals surface area contributed by atoms with Crippen LogP contribution >= 0.6 is 0 Å². The van der Waals surface area contributed by atoms with E-state index < -0.39 is 5.82 Å². The normalized spacial score (nSPS) is 10.5. The van der Waals surface area contributed by atoms with Crippen LogP contribution in [0.4, 0.5) is 4.39 Å². The molecule has 0 aliphatic heterocycles. The molecule has 0 spiro atoms. The molecule has 0 aliphatic carbocycles. The molecule has 0 radical (unpaired) electrons. The number of aryl methyl sites for hydroxylation is 2. The van der Waals surface area contributed by atoms with Crippen molar-refractivity contribution in [2.75, 3.05) is 0 Å². The maximum Gasteiger partial charge on any atom is 0.251 e. The second-order valence-electron chi connectivity index (χ2n) is 4.29. The Bertz CT molecular complexity index is 592. The fraction of sp³-hybridized carbons (Fsp3) is 0.286. The third-order valence-corrected chi connectivity index (χ3v) is 2.90. The molecule has 0 unspecified atom stereocenters. The van der Waals surface area contributed by atoms with Crippen LogP contribution in [0.15, 0.2) is 30.5 Å². The quantitative estimate of drug-likeness (QED) is 0.917. The molecule has 0 saturated carbocycles. The lowest BCUT2D eigenvalue weighted by Crippen LogP contribution is -2.23. The van der Waals surface area contributed by atoms with Crippen LogP contribution < -0.4 is 5.32 Å². The largest absolute Gasteiger partial charge is 0.348 e. The minimum absolute atomic E-state index is 0.289. The molecule has 1 heterocycles. The molecule has 0 bridgehead atoms. The first-order chi connectivity index (χ1) is 9.10. The molecule has 0 aliphatic rings. The highest BCUT2D eigenvalue weighted by Gasteiger charge is 2.08. The van der Waals surface area contributed by atoms with Crippen LogP contribution in [0.25, 0.3) is 0 Å². The van der Waals surface area contributed by atoms with Gasteiger partial charge in [-0.2, -0.15) is 5.10 Å². The molecule has 1 amide bonds. The standard InChI is InChI=1S/C14H16FN3O/c1-3-18-9-12(10(2)17-18)8-16-14(19)11-5-4-6-13(15)7-11/h4-7,9H,3,8H2,1-2H3,(H,16,19). The fourth-order valence-electron chi connectivity index (χ4n) is 1.80. The molecule has 0 saturated heterocycles. The van der Waals surface area contributed by atoms with Crippen molar-refractivity contribution in [3.63, 3.8) is 0 Å². The average molecular weight is 261 g/mol. The fourth-order valence-corrected chi connectivity index (χ4v) is 1.80. The number of benzene rings is 1. The van der Waals surface area contributed by atoms with Gasteiger partial charge in [0.25, 0.3) is 5.91 Å². The second kappa shape index (κ2) is 5.65. The van der Waals surface area contributed by atoms with E-state index in [0.29, 0.717) is 12.1 Å². The summed E-state index contributed by atoms with van der Waals surface area (Å²) < 4.78 is 14.8. The molecule has 100 valence electrons. The Balaban J connectivity index is 2.02. The monoisotopic (exact) mass is 261 g/mol. The highest BCUT2D eigenvalue weighted by Crippen LogP contribution is 2.07. The number of carbonyl (C=O) groups excluding carboxylic acids is 1. The molecular formula is C14H16FN3O. The van der Waals surface area contributed by atoms with Gasteiger partial charge in [0.2, 0.25) is 0 Å². The van der Waals surface area contributed by atoms with Gasteiger partial charge in [-0.25, -0.2) is 4.39 Å². The minimum atomic E-state index is -0.414. The highest BCUT2D eigenvalue weighted by atomic mass is 19.1. The van der Waals surface area contributed by atoms with E-state index >= 15 is 0 Å². The summed E-state index contributed by atoms with van der Waals surface area (Å²) in [6.45, 7) is 5.08. The number of hydrogen-bond acceptors (Lipinski definition) is 2. The van der Waals surface area contributed by atoms with Crippen molar-refractivity contribution < 1.29 is 9.18 Å². The van der Waals surface area contributed by atoms with Crippen LogP contribution in [0, 0.1) is 12.7 Å². The SMILES string of the molecule is CCn1cc(CNC(=O)c2cccc(F)c2)c(C)n1. The summed E-state index contributed by atoms with van der Waals surface area (Å²) >= 11 is 0. The van der Waals surface area contributed by atoms with E-state index in [1.54, 1.807) is 6.07 Å². The first-order valence-electron chi connectivity index (χ1n) is 6.17.